The van der Waals surface area contributed by atoms with Crippen molar-refractivity contribution in [3.8, 4) is 0 Å². The van der Waals surface area contributed by atoms with Crippen LogP contribution in [-0.4, -0.2) is 24.8 Å². The highest BCUT2D eigenvalue weighted by molar-refractivity contribution is 5.67. The molecule has 0 saturated heterocycles. The Morgan fingerprint density at radius 3 is 2.16 bits per heavy atom. The van der Waals surface area contributed by atoms with Gasteiger partial charge in [0.05, 0.1) is 11.4 Å². The molecule has 0 spiro atoms. The summed E-state index contributed by atoms with van der Waals surface area (Å²) in [5, 5.41) is 8.47. The Morgan fingerprint density at radius 1 is 1.08 bits per heavy atom. The summed E-state index contributed by atoms with van der Waals surface area (Å²) in [7, 11) is 0. The van der Waals surface area contributed by atoms with Gasteiger partial charge in [-0.15, -0.1) is 0 Å². The SMILES string of the molecule is C=C(NCCCNC(=O)OC(C)(C)C)Nc1ccc(C(F)(F)F)cc1. The lowest BCUT2D eigenvalue weighted by molar-refractivity contribution is -0.137. The van der Waals surface area contributed by atoms with Crippen LogP contribution in [0.2, 0.25) is 0 Å². The summed E-state index contributed by atoms with van der Waals surface area (Å²) in [5.74, 6) is 0.456. The maximum atomic E-state index is 12.5. The number of hydrogen-bond acceptors (Lipinski definition) is 4. The average molecular weight is 359 g/mol. The van der Waals surface area contributed by atoms with Crippen molar-refractivity contribution in [1.29, 1.82) is 0 Å². The number of alkyl halides is 3. The number of carbonyl (C=O) groups excluding carboxylic acids is 1. The van der Waals surface area contributed by atoms with E-state index in [4.69, 9.17) is 4.74 Å². The molecule has 0 aliphatic carbocycles. The number of benzene rings is 1. The number of alkyl carbamates (subject to hydrolysis) is 1. The van der Waals surface area contributed by atoms with Crippen LogP contribution in [0.3, 0.4) is 0 Å². The molecule has 140 valence electrons. The number of amides is 1. The van der Waals surface area contributed by atoms with Crippen LogP contribution in [0.5, 0.6) is 0 Å². The zero-order valence-electron chi connectivity index (χ0n) is 14.6. The Balaban J connectivity index is 2.24. The van der Waals surface area contributed by atoms with E-state index >= 15 is 0 Å². The first-order valence-corrected chi connectivity index (χ1v) is 7.81. The molecule has 0 aromatic heterocycles. The third-order valence-corrected chi connectivity index (χ3v) is 2.87. The Hall–Kier alpha value is -2.38. The van der Waals surface area contributed by atoms with Gasteiger partial charge in [-0.3, -0.25) is 0 Å². The van der Waals surface area contributed by atoms with E-state index in [2.05, 4.69) is 22.5 Å². The third kappa shape index (κ3) is 8.88. The molecule has 0 aliphatic heterocycles. The summed E-state index contributed by atoms with van der Waals surface area (Å²) in [6.07, 6.45) is -4.20. The lowest BCUT2D eigenvalue weighted by Gasteiger charge is -2.19. The number of rotatable bonds is 7. The van der Waals surface area contributed by atoms with Gasteiger partial charge in [0.25, 0.3) is 0 Å². The van der Waals surface area contributed by atoms with Gasteiger partial charge in [0.2, 0.25) is 0 Å². The maximum Gasteiger partial charge on any atom is 0.416 e. The quantitative estimate of drug-likeness (QED) is 0.642. The van der Waals surface area contributed by atoms with Gasteiger partial charge < -0.3 is 20.7 Å². The van der Waals surface area contributed by atoms with Crippen LogP contribution in [0.25, 0.3) is 0 Å². The topological polar surface area (TPSA) is 62.4 Å². The van der Waals surface area contributed by atoms with Crippen molar-refractivity contribution in [2.75, 3.05) is 18.4 Å². The summed E-state index contributed by atoms with van der Waals surface area (Å²) in [4.78, 5) is 11.4. The van der Waals surface area contributed by atoms with E-state index in [1.165, 1.54) is 12.1 Å². The largest absolute Gasteiger partial charge is 0.444 e. The van der Waals surface area contributed by atoms with Crippen LogP contribution in [0.4, 0.5) is 23.7 Å². The molecule has 0 radical (unpaired) electrons. The molecule has 3 N–H and O–H groups in total. The standard InChI is InChI=1S/C17H24F3N3O2/c1-12(21-10-5-11-22-15(24)25-16(2,3)4)23-14-8-6-13(7-9-14)17(18,19)20/h6-9,21,23H,1,5,10-11H2,2-4H3,(H,22,24). The van der Waals surface area contributed by atoms with Crippen molar-refractivity contribution in [2.45, 2.75) is 39.0 Å². The molecule has 1 rings (SSSR count). The van der Waals surface area contributed by atoms with Crippen molar-refractivity contribution in [2.24, 2.45) is 0 Å². The van der Waals surface area contributed by atoms with Crippen molar-refractivity contribution in [3.05, 3.63) is 42.2 Å². The predicted octanol–water partition coefficient (Wildman–Crippen LogP) is 4.09. The maximum absolute atomic E-state index is 12.5. The van der Waals surface area contributed by atoms with Gasteiger partial charge in [0.15, 0.2) is 0 Å². The highest BCUT2D eigenvalue weighted by atomic mass is 19.4. The molecule has 0 saturated carbocycles. The van der Waals surface area contributed by atoms with Gasteiger partial charge in [-0.05, 0) is 51.5 Å². The Labute approximate surface area is 145 Å². The summed E-state index contributed by atoms with van der Waals surface area (Å²) in [6, 6.07) is 4.67. The molecular weight excluding hydrogens is 335 g/mol. The molecule has 1 amide bonds. The second-order valence-electron chi connectivity index (χ2n) is 6.39. The minimum Gasteiger partial charge on any atom is -0.444 e. The molecule has 0 fully saturated rings. The predicted molar refractivity (Wildman–Crippen MR) is 91.1 cm³/mol. The summed E-state index contributed by atoms with van der Waals surface area (Å²) in [6.45, 7) is 10.1. The molecule has 0 unspecified atom stereocenters. The molecule has 0 aliphatic rings. The zero-order chi connectivity index (χ0) is 19.1. The van der Waals surface area contributed by atoms with E-state index in [1.807, 2.05) is 0 Å². The van der Waals surface area contributed by atoms with Crippen LogP contribution in [0.1, 0.15) is 32.8 Å². The van der Waals surface area contributed by atoms with Gasteiger partial charge in [0, 0.05) is 18.8 Å². The fraction of sp³-hybridized carbons (Fsp3) is 0.471. The normalized spacial score (nSPS) is 11.6. The van der Waals surface area contributed by atoms with Gasteiger partial charge in [-0.1, -0.05) is 6.58 Å². The number of halogens is 3. The van der Waals surface area contributed by atoms with E-state index < -0.39 is 23.4 Å². The Kier molecular flexibility index (Phi) is 7.14. The molecule has 0 heterocycles. The van der Waals surface area contributed by atoms with Crippen molar-refractivity contribution in [3.63, 3.8) is 0 Å². The second-order valence-corrected chi connectivity index (χ2v) is 6.39. The van der Waals surface area contributed by atoms with Crippen molar-refractivity contribution < 1.29 is 22.7 Å². The fourth-order valence-corrected chi connectivity index (χ4v) is 1.79. The monoisotopic (exact) mass is 359 g/mol. The number of anilines is 1. The molecule has 1 aromatic carbocycles. The van der Waals surface area contributed by atoms with Crippen molar-refractivity contribution in [1.82, 2.24) is 10.6 Å². The molecular formula is C17H24F3N3O2. The summed E-state index contributed by atoms with van der Waals surface area (Å²) >= 11 is 0. The van der Waals surface area contributed by atoms with Crippen LogP contribution in [-0.2, 0) is 10.9 Å². The Bertz CT molecular complexity index is 578. The van der Waals surface area contributed by atoms with Crippen LogP contribution in [0.15, 0.2) is 36.7 Å². The van der Waals surface area contributed by atoms with Gasteiger partial charge in [-0.25, -0.2) is 4.79 Å². The van der Waals surface area contributed by atoms with Gasteiger partial charge in [0.1, 0.15) is 5.60 Å². The first-order valence-electron chi connectivity index (χ1n) is 7.81. The van der Waals surface area contributed by atoms with Gasteiger partial charge >= 0.3 is 12.3 Å². The minimum atomic E-state index is -4.35. The first kappa shape index (κ1) is 20.7. The molecule has 0 atom stereocenters. The summed E-state index contributed by atoms with van der Waals surface area (Å²) in [5.41, 5.74) is -0.746. The lowest BCUT2D eigenvalue weighted by atomic mass is 10.2. The lowest BCUT2D eigenvalue weighted by Crippen LogP contribution is -2.34. The van der Waals surface area contributed by atoms with E-state index in [-0.39, 0.29) is 0 Å². The third-order valence-electron chi connectivity index (χ3n) is 2.87. The molecule has 1 aromatic rings. The second kappa shape index (κ2) is 8.64. The van der Waals surface area contributed by atoms with E-state index in [0.29, 0.717) is 31.0 Å². The minimum absolute atomic E-state index is 0.426. The van der Waals surface area contributed by atoms with E-state index in [9.17, 15) is 18.0 Å². The molecule has 0 bridgehead atoms. The number of carbonyl (C=O) groups is 1. The smallest absolute Gasteiger partial charge is 0.416 e. The summed E-state index contributed by atoms with van der Waals surface area (Å²) < 4.78 is 42.5. The van der Waals surface area contributed by atoms with Gasteiger partial charge in [-0.2, -0.15) is 13.2 Å². The average Bonchev–Trinajstić information content (AvgIpc) is 2.44. The highest BCUT2D eigenvalue weighted by Gasteiger charge is 2.29. The Morgan fingerprint density at radius 2 is 1.64 bits per heavy atom. The van der Waals surface area contributed by atoms with Crippen LogP contribution in [0, 0.1) is 0 Å². The van der Waals surface area contributed by atoms with E-state index in [1.54, 1.807) is 20.8 Å². The zero-order valence-corrected chi connectivity index (χ0v) is 14.6. The first-order chi connectivity index (χ1) is 11.5. The van der Waals surface area contributed by atoms with Crippen molar-refractivity contribution >= 4 is 11.8 Å². The van der Waals surface area contributed by atoms with E-state index in [0.717, 1.165) is 12.1 Å². The molecule has 5 nitrogen and oxygen atoms in total. The fourth-order valence-electron chi connectivity index (χ4n) is 1.79. The highest BCUT2D eigenvalue weighted by Crippen LogP contribution is 2.29. The molecule has 8 heteroatoms. The molecule has 25 heavy (non-hydrogen) atoms. The van der Waals surface area contributed by atoms with Crippen LogP contribution >= 0.6 is 0 Å². The number of ether oxygens (including phenoxy) is 1. The number of nitrogens with one attached hydrogen (secondary N) is 3. The van der Waals surface area contributed by atoms with Crippen LogP contribution < -0.4 is 16.0 Å². The number of hydrogen-bond donors (Lipinski definition) is 3.